The predicted octanol–water partition coefficient (Wildman–Crippen LogP) is 2.18. The van der Waals surface area contributed by atoms with E-state index in [0.29, 0.717) is 17.9 Å². The van der Waals surface area contributed by atoms with Crippen molar-refractivity contribution < 1.29 is 13.9 Å². The summed E-state index contributed by atoms with van der Waals surface area (Å²) in [5.74, 6) is -0.825. The molecule has 4 rings (SSSR count). The zero-order chi connectivity index (χ0) is 19.3. The van der Waals surface area contributed by atoms with E-state index in [1.165, 1.54) is 6.07 Å². The molecule has 0 bridgehead atoms. The van der Waals surface area contributed by atoms with Crippen LogP contribution in [0.1, 0.15) is 42.2 Å². The predicted molar refractivity (Wildman–Crippen MR) is 103 cm³/mol. The second-order valence-corrected chi connectivity index (χ2v) is 7.23. The van der Waals surface area contributed by atoms with Crippen molar-refractivity contribution in [3.8, 4) is 0 Å². The van der Waals surface area contributed by atoms with Gasteiger partial charge in [-0.3, -0.25) is 4.79 Å². The molecule has 0 radical (unpaired) electrons. The molecule has 0 saturated carbocycles. The third-order valence-electron chi connectivity index (χ3n) is 5.20. The van der Waals surface area contributed by atoms with Crippen LogP contribution in [-0.4, -0.2) is 53.2 Å². The average molecular weight is 388 g/mol. The molecule has 3 heterocycles. The molecular formula is C19H25FN6O2. The van der Waals surface area contributed by atoms with E-state index in [0.717, 1.165) is 45.4 Å². The number of amides is 1. The van der Waals surface area contributed by atoms with Gasteiger partial charge in [0.15, 0.2) is 5.69 Å². The van der Waals surface area contributed by atoms with Crippen molar-refractivity contribution >= 4 is 17.3 Å². The van der Waals surface area contributed by atoms with E-state index in [2.05, 4.69) is 26.3 Å². The molecular weight excluding hydrogens is 363 g/mol. The number of rotatable bonds is 6. The van der Waals surface area contributed by atoms with Crippen molar-refractivity contribution in [1.82, 2.24) is 20.3 Å². The zero-order valence-corrected chi connectivity index (χ0v) is 15.7. The molecule has 2 aromatic rings. The van der Waals surface area contributed by atoms with Gasteiger partial charge in [-0.15, -0.1) is 5.10 Å². The van der Waals surface area contributed by atoms with E-state index in [-0.39, 0.29) is 17.8 Å². The van der Waals surface area contributed by atoms with Crippen molar-refractivity contribution in [2.24, 2.45) is 0 Å². The molecule has 0 spiro atoms. The van der Waals surface area contributed by atoms with Crippen LogP contribution in [0.5, 0.6) is 0 Å². The Kier molecular flexibility index (Phi) is 5.82. The third-order valence-corrected chi connectivity index (χ3v) is 5.20. The second kappa shape index (κ2) is 8.66. The van der Waals surface area contributed by atoms with Crippen molar-refractivity contribution in [2.45, 2.75) is 37.8 Å². The summed E-state index contributed by atoms with van der Waals surface area (Å²) in [6.45, 7) is 3.20. The van der Waals surface area contributed by atoms with Crippen LogP contribution in [0.25, 0.3) is 0 Å². The molecule has 150 valence electrons. The number of anilines is 2. The summed E-state index contributed by atoms with van der Waals surface area (Å²) in [5, 5.41) is 17.1. The maximum Gasteiger partial charge on any atom is 0.277 e. The molecule has 0 aliphatic carbocycles. The normalized spacial score (nSPS) is 20.2. The molecule has 1 atom stereocenters. The van der Waals surface area contributed by atoms with E-state index in [1.807, 2.05) is 0 Å². The molecule has 3 N–H and O–H groups in total. The Hall–Kier alpha value is -2.52. The number of aromatic nitrogens is 3. The minimum atomic E-state index is -0.422. The monoisotopic (exact) mass is 388 g/mol. The van der Waals surface area contributed by atoms with Crippen LogP contribution in [-0.2, 0) is 4.74 Å². The first kappa shape index (κ1) is 18.8. The summed E-state index contributed by atoms with van der Waals surface area (Å²) < 4.78 is 21.6. The molecule has 2 fully saturated rings. The topological polar surface area (TPSA) is 93.1 Å². The first-order valence-corrected chi connectivity index (χ1v) is 9.78. The van der Waals surface area contributed by atoms with Crippen LogP contribution < -0.4 is 16.0 Å². The van der Waals surface area contributed by atoms with Crippen molar-refractivity contribution in [3.63, 3.8) is 0 Å². The zero-order valence-electron chi connectivity index (χ0n) is 15.7. The van der Waals surface area contributed by atoms with Crippen LogP contribution in [0.3, 0.4) is 0 Å². The fourth-order valence-electron chi connectivity index (χ4n) is 3.59. The number of benzene rings is 1. The van der Waals surface area contributed by atoms with Crippen LogP contribution in [0.4, 0.5) is 15.8 Å². The Morgan fingerprint density at radius 1 is 1.32 bits per heavy atom. The molecule has 2 aliphatic rings. The number of carbonyl (C=O) groups is 1. The number of halogens is 1. The molecule has 1 aromatic heterocycles. The number of hydrogen-bond acceptors (Lipinski definition) is 6. The minimum absolute atomic E-state index is 0.126. The fraction of sp³-hybridized carbons (Fsp3) is 0.526. The van der Waals surface area contributed by atoms with Gasteiger partial charge in [-0.1, -0.05) is 5.21 Å². The van der Waals surface area contributed by atoms with Crippen LogP contribution in [0, 0.1) is 5.82 Å². The van der Waals surface area contributed by atoms with Crippen molar-refractivity contribution in [2.75, 3.05) is 36.9 Å². The average Bonchev–Trinajstić information content (AvgIpc) is 3.40. The van der Waals surface area contributed by atoms with E-state index in [9.17, 15) is 9.18 Å². The molecule has 1 amide bonds. The first-order chi connectivity index (χ1) is 13.7. The summed E-state index contributed by atoms with van der Waals surface area (Å²) in [5.41, 5.74) is 0.992. The van der Waals surface area contributed by atoms with E-state index in [4.69, 9.17) is 4.74 Å². The fourth-order valence-corrected chi connectivity index (χ4v) is 3.59. The van der Waals surface area contributed by atoms with E-state index < -0.39 is 11.7 Å². The summed E-state index contributed by atoms with van der Waals surface area (Å²) >= 11 is 0. The second-order valence-electron chi connectivity index (χ2n) is 7.23. The smallest absolute Gasteiger partial charge is 0.277 e. The Balaban J connectivity index is 1.35. The molecule has 1 unspecified atom stereocenters. The van der Waals surface area contributed by atoms with Gasteiger partial charge in [-0.25, -0.2) is 9.07 Å². The summed E-state index contributed by atoms with van der Waals surface area (Å²) in [7, 11) is 0. The van der Waals surface area contributed by atoms with E-state index >= 15 is 0 Å². The number of piperidine rings is 1. The molecule has 1 aromatic carbocycles. The largest absolute Gasteiger partial charge is 0.380 e. The minimum Gasteiger partial charge on any atom is -0.380 e. The molecule has 2 aliphatic heterocycles. The molecule has 28 heavy (non-hydrogen) atoms. The van der Waals surface area contributed by atoms with Gasteiger partial charge in [-0.05, 0) is 57.0 Å². The number of hydrogen-bond donors (Lipinski definition) is 3. The number of nitrogens with zero attached hydrogens (tertiary/aromatic N) is 3. The van der Waals surface area contributed by atoms with Gasteiger partial charge < -0.3 is 20.7 Å². The SMILES string of the molecule is O=C(Nc1ccc(NCC2CCCO2)c(F)c1)c1cn(C2CCNCC2)nn1. The van der Waals surface area contributed by atoms with Gasteiger partial charge in [0.05, 0.1) is 24.0 Å². The molecule has 2 saturated heterocycles. The number of nitrogens with one attached hydrogen (secondary N) is 3. The molecule has 9 heteroatoms. The van der Waals surface area contributed by atoms with E-state index in [1.54, 1.807) is 23.0 Å². The highest BCUT2D eigenvalue weighted by Gasteiger charge is 2.19. The van der Waals surface area contributed by atoms with Gasteiger partial charge >= 0.3 is 0 Å². The highest BCUT2D eigenvalue weighted by molar-refractivity contribution is 6.02. The maximum atomic E-state index is 14.3. The van der Waals surface area contributed by atoms with Gasteiger partial charge in [0.25, 0.3) is 5.91 Å². The highest BCUT2D eigenvalue weighted by atomic mass is 19.1. The number of carbonyl (C=O) groups excluding carboxylic acids is 1. The maximum absolute atomic E-state index is 14.3. The Morgan fingerprint density at radius 3 is 2.93 bits per heavy atom. The van der Waals surface area contributed by atoms with Crippen molar-refractivity contribution in [3.05, 3.63) is 35.9 Å². The lowest BCUT2D eigenvalue weighted by Crippen LogP contribution is -2.29. The lowest BCUT2D eigenvalue weighted by Gasteiger charge is -2.22. The van der Waals surface area contributed by atoms with Gasteiger partial charge in [0.1, 0.15) is 5.82 Å². The van der Waals surface area contributed by atoms with Gasteiger partial charge in [0, 0.05) is 18.8 Å². The Morgan fingerprint density at radius 2 is 2.18 bits per heavy atom. The third kappa shape index (κ3) is 4.48. The summed E-state index contributed by atoms with van der Waals surface area (Å²) in [6.07, 6.45) is 5.72. The quantitative estimate of drug-likeness (QED) is 0.702. The standard InChI is InChI=1S/C19H25FN6O2/c20-16-10-13(3-4-17(16)22-11-15-2-1-9-28-15)23-19(27)18-12-26(25-24-18)14-5-7-21-8-6-14/h3-4,10,12,14-15,21-22H,1-2,5-9,11H2,(H,23,27). The van der Waals surface area contributed by atoms with Gasteiger partial charge in [-0.2, -0.15) is 0 Å². The van der Waals surface area contributed by atoms with Crippen LogP contribution >= 0.6 is 0 Å². The van der Waals surface area contributed by atoms with Crippen LogP contribution in [0.15, 0.2) is 24.4 Å². The summed E-state index contributed by atoms with van der Waals surface area (Å²) in [4.78, 5) is 12.4. The van der Waals surface area contributed by atoms with Crippen LogP contribution in [0.2, 0.25) is 0 Å². The Labute approximate surface area is 162 Å². The molecule has 8 nitrogen and oxygen atoms in total. The lowest BCUT2D eigenvalue weighted by atomic mass is 10.1. The van der Waals surface area contributed by atoms with Gasteiger partial charge in [0.2, 0.25) is 0 Å². The lowest BCUT2D eigenvalue weighted by molar-refractivity contribution is 0.102. The first-order valence-electron chi connectivity index (χ1n) is 9.78. The van der Waals surface area contributed by atoms with Crippen molar-refractivity contribution in [1.29, 1.82) is 0 Å². The highest BCUT2D eigenvalue weighted by Crippen LogP contribution is 2.21. The summed E-state index contributed by atoms with van der Waals surface area (Å²) in [6, 6.07) is 4.83. The number of ether oxygens (including phenoxy) is 1. The Bertz CT molecular complexity index is 815.